The molecule has 116 valence electrons. The van der Waals surface area contributed by atoms with E-state index in [1.807, 2.05) is 0 Å². The Morgan fingerprint density at radius 2 is 2.10 bits per heavy atom. The Hall–Kier alpha value is -1.02. The van der Waals surface area contributed by atoms with Crippen LogP contribution >= 0.6 is 0 Å². The highest BCUT2D eigenvalue weighted by molar-refractivity contribution is 5.41. The van der Waals surface area contributed by atoms with Gasteiger partial charge in [0, 0.05) is 18.0 Å². The number of fused-ring (bicyclic) bond motifs is 1. The second-order valence-corrected chi connectivity index (χ2v) is 7.47. The van der Waals surface area contributed by atoms with Crippen molar-refractivity contribution in [3.63, 3.8) is 0 Å². The second kappa shape index (κ2) is 5.64. The van der Waals surface area contributed by atoms with Crippen LogP contribution in [0.15, 0.2) is 18.2 Å². The summed E-state index contributed by atoms with van der Waals surface area (Å²) in [7, 11) is 2.08. The van der Waals surface area contributed by atoms with Crippen LogP contribution in [-0.2, 0) is 0 Å². The fourth-order valence-corrected chi connectivity index (χ4v) is 4.26. The topological polar surface area (TPSA) is 21.3 Å². The van der Waals surface area contributed by atoms with E-state index in [2.05, 4.69) is 51.3 Å². The number of benzene rings is 1. The first-order valence-electron chi connectivity index (χ1n) is 8.50. The minimum atomic E-state index is 0.0587. The van der Waals surface area contributed by atoms with Crippen LogP contribution in [-0.4, -0.2) is 12.6 Å². The zero-order valence-electron chi connectivity index (χ0n) is 13.9. The molecule has 1 aliphatic carbocycles. The predicted octanol–water partition coefficient (Wildman–Crippen LogP) is 4.62. The molecular weight excluding hydrogens is 258 g/mol. The van der Waals surface area contributed by atoms with Crippen LogP contribution in [0, 0.1) is 18.8 Å². The largest absolute Gasteiger partial charge is 0.487 e. The molecule has 1 heterocycles. The monoisotopic (exact) mass is 287 g/mol. The first kappa shape index (κ1) is 14.9. The Kier molecular flexibility index (Phi) is 4.00. The van der Waals surface area contributed by atoms with Gasteiger partial charge in [-0.25, -0.2) is 0 Å². The zero-order chi connectivity index (χ0) is 15.0. The minimum Gasteiger partial charge on any atom is -0.487 e. The lowest BCUT2D eigenvalue weighted by molar-refractivity contribution is -0.0279. The third-order valence-corrected chi connectivity index (χ3v) is 5.58. The van der Waals surface area contributed by atoms with Crippen molar-refractivity contribution in [2.24, 2.45) is 11.8 Å². The molecule has 21 heavy (non-hydrogen) atoms. The molecule has 1 aromatic carbocycles. The van der Waals surface area contributed by atoms with Gasteiger partial charge in [0.25, 0.3) is 0 Å². The summed E-state index contributed by atoms with van der Waals surface area (Å²) in [4.78, 5) is 0. The Morgan fingerprint density at radius 1 is 1.29 bits per heavy atom. The number of hydrogen-bond donors (Lipinski definition) is 1. The maximum atomic E-state index is 6.59. The lowest BCUT2D eigenvalue weighted by atomic mass is 9.69. The molecule has 2 heteroatoms. The van der Waals surface area contributed by atoms with E-state index in [1.165, 1.54) is 36.8 Å². The normalized spacial score (nSPS) is 32.0. The van der Waals surface area contributed by atoms with Gasteiger partial charge in [0.2, 0.25) is 0 Å². The fourth-order valence-electron chi connectivity index (χ4n) is 4.26. The molecular formula is C19H29NO. The number of ether oxygens (including phenoxy) is 1. The molecule has 0 aromatic heterocycles. The lowest BCUT2D eigenvalue weighted by Crippen LogP contribution is -2.47. The molecule has 2 nitrogen and oxygen atoms in total. The van der Waals surface area contributed by atoms with Crippen molar-refractivity contribution in [3.05, 3.63) is 29.3 Å². The first-order valence-corrected chi connectivity index (χ1v) is 8.50. The Labute approximate surface area is 129 Å². The molecule has 0 saturated heterocycles. The van der Waals surface area contributed by atoms with Crippen LogP contribution in [0.2, 0.25) is 0 Å². The molecule has 2 aliphatic rings. The van der Waals surface area contributed by atoms with Crippen molar-refractivity contribution in [2.75, 3.05) is 7.05 Å². The van der Waals surface area contributed by atoms with Gasteiger partial charge < -0.3 is 10.1 Å². The smallest absolute Gasteiger partial charge is 0.124 e. The van der Waals surface area contributed by atoms with Crippen molar-refractivity contribution in [1.29, 1.82) is 0 Å². The van der Waals surface area contributed by atoms with Crippen molar-refractivity contribution < 1.29 is 4.74 Å². The Balaban J connectivity index is 1.91. The molecule has 3 rings (SSSR count). The summed E-state index contributed by atoms with van der Waals surface area (Å²) in [6, 6.07) is 7.06. The summed E-state index contributed by atoms with van der Waals surface area (Å²) < 4.78 is 6.59. The Morgan fingerprint density at radius 3 is 2.81 bits per heavy atom. The van der Waals surface area contributed by atoms with E-state index in [0.717, 1.165) is 24.0 Å². The van der Waals surface area contributed by atoms with E-state index in [0.29, 0.717) is 6.04 Å². The highest BCUT2D eigenvalue weighted by Crippen LogP contribution is 2.48. The summed E-state index contributed by atoms with van der Waals surface area (Å²) in [6.45, 7) is 6.88. The summed E-state index contributed by atoms with van der Waals surface area (Å²) in [6.07, 6.45) is 6.22. The molecule has 3 atom stereocenters. The van der Waals surface area contributed by atoms with Crippen molar-refractivity contribution in [1.82, 2.24) is 5.32 Å². The van der Waals surface area contributed by atoms with Crippen LogP contribution in [0.5, 0.6) is 5.75 Å². The van der Waals surface area contributed by atoms with Crippen molar-refractivity contribution >= 4 is 0 Å². The third-order valence-electron chi connectivity index (χ3n) is 5.58. The highest BCUT2D eigenvalue weighted by atomic mass is 16.5. The maximum Gasteiger partial charge on any atom is 0.124 e. The van der Waals surface area contributed by atoms with Crippen molar-refractivity contribution in [3.8, 4) is 5.75 Å². The van der Waals surface area contributed by atoms with Crippen LogP contribution in [0.3, 0.4) is 0 Å². The van der Waals surface area contributed by atoms with Gasteiger partial charge >= 0.3 is 0 Å². The second-order valence-electron chi connectivity index (χ2n) is 7.47. The summed E-state index contributed by atoms with van der Waals surface area (Å²) in [5, 5.41) is 3.52. The number of hydrogen-bond acceptors (Lipinski definition) is 2. The van der Waals surface area contributed by atoms with Gasteiger partial charge in [0.1, 0.15) is 11.4 Å². The quantitative estimate of drug-likeness (QED) is 0.856. The lowest BCUT2D eigenvalue weighted by Gasteiger charge is -2.47. The molecule has 1 spiro atoms. The number of aryl methyl sites for hydroxylation is 1. The number of rotatable bonds is 2. The van der Waals surface area contributed by atoms with Gasteiger partial charge in [0.05, 0.1) is 0 Å². The first-order chi connectivity index (χ1) is 10.0. The van der Waals surface area contributed by atoms with E-state index < -0.39 is 0 Å². The standard InChI is InChI=1S/C19H29NO/c1-13(2)15-6-5-9-19(11-15)12-17(20-4)16-10-14(3)7-8-18(16)21-19/h7-8,10,13,15,17,20H,5-6,9,11-12H2,1-4H3. The van der Waals surface area contributed by atoms with Gasteiger partial charge in [0.15, 0.2) is 0 Å². The summed E-state index contributed by atoms with van der Waals surface area (Å²) in [5.41, 5.74) is 2.72. The summed E-state index contributed by atoms with van der Waals surface area (Å²) >= 11 is 0. The van der Waals surface area contributed by atoms with Crippen LogP contribution in [0.25, 0.3) is 0 Å². The molecule has 0 radical (unpaired) electrons. The van der Waals surface area contributed by atoms with Gasteiger partial charge in [-0.05, 0) is 57.6 Å². The number of nitrogens with one attached hydrogen (secondary N) is 1. The highest BCUT2D eigenvalue weighted by Gasteiger charge is 2.44. The fraction of sp³-hybridized carbons (Fsp3) is 0.684. The van der Waals surface area contributed by atoms with Crippen LogP contribution in [0.1, 0.15) is 63.1 Å². The SMILES string of the molecule is CNC1CC2(CCCC(C(C)C)C2)Oc2ccc(C)cc21. The van der Waals surface area contributed by atoms with Crippen LogP contribution < -0.4 is 10.1 Å². The van der Waals surface area contributed by atoms with Crippen LogP contribution in [0.4, 0.5) is 0 Å². The summed E-state index contributed by atoms with van der Waals surface area (Å²) in [5.74, 6) is 2.68. The molecule has 1 saturated carbocycles. The molecule has 0 amide bonds. The Bertz CT molecular complexity index is 510. The minimum absolute atomic E-state index is 0.0587. The molecule has 0 bridgehead atoms. The van der Waals surface area contributed by atoms with E-state index >= 15 is 0 Å². The zero-order valence-corrected chi connectivity index (χ0v) is 13.9. The van der Waals surface area contributed by atoms with Gasteiger partial charge in [-0.2, -0.15) is 0 Å². The molecule has 1 fully saturated rings. The third kappa shape index (κ3) is 2.83. The van der Waals surface area contributed by atoms with E-state index in [9.17, 15) is 0 Å². The molecule has 3 unspecified atom stereocenters. The van der Waals surface area contributed by atoms with E-state index in [4.69, 9.17) is 4.74 Å². The van der Waals surface area contributed by atoms with Gasteiger partial charge in [-0.3, -0.25) is 0 Å². The predicted molar refractivity (Wildman–Crippen MR) is 87.8 cm³/mol. The molecule has 1 N–H and O–H groups in total. The van der Waals surface area contributed by atoms with Gasteiger partial charge in [-0.1, -0.05) is 31.5 Å². The maximum absolute atomic E-state index is 6.59. The van der Waals surface area contributed by atoms with Crippen molar-refractivity contribution in [2.45, 2.75) is 64.5 Å². The van der Waals surface area contributed by atoms with Gasteiger partial charge in [-0.15, -0.1) is 0 Å². The average molecular weight is 287 g/mol. The molecule has 1 aromatic rings. The molecule has 1 aliphatic heterocycles. The average Bonchev–Trinajstić information content (AvgIpc) is 2.47. The van der Waals surface area contributed by atoms with E-state index in [1.54, 1.807) is 0 Å². The van der Waals surface area contributed by atoms with E-state index in [-0.39, 0.29) is 5.60 Å².